The summed E-state index contributed by atoms with van der Waals surface area (Å²) in [4.78, 5) is 25.2. The van der Waals surface area contributed by atoms with Gasteiger partial charge < -0.3 is 20.3 Å². The highest BCUT2D eigenvalue weighted by atomic mass is 19.4. The number of likely N-dealkylation sites (tertiary alicyclic amines) is 1. The minimum atomic E-state index is -4.74. The zero-order chi connectivity index (χ0) is 18.9. The molecular weight excluding hydrogens is 351 g/mol. The number of anilines is 1. The molecule has 6 nitrogen and oxygen atoms in total. The zero-order valence-corrected chi connectivity index (χ0v) is 14.2. The van der Waals surface area contributed by atoms with Gasteiger partial charge in [0.15, 0.2) is 0 Å². The second-order valence-corrected chi connectivity index (χ2v) is 6.88. The highest BCUT2D eigenvalue weighted by Gasteiger charge is 2.53. The van der Waals surface area contributed by atoms with Gasteiger partial charge in [-0.25, -0.2) is 4.79 Å². The van der Waals surface area contributed by atoms with E-state index >= 15 is 0 Å². The maximum Gasteiger partial charge on any atom is 0.573 e. The predicted octanol–water partition coefficient (Wildman–Crippen LogP) is 3.11. The highest BCUT2D eigenvalue weighted by Crippen LogP contribution is 2.48. The van der Waals surface area contributed by atoms with Crippen LogP contribution in [0.25, 0.3) is 0 Å². The standard InChI is InChI=1S/C17H20F3N3O3/c1-2-14(24)21-12-7-16(8-12)9-23(10-16)15(25)22-11-3-5-13(6-4-11)26-17(18,19)20/h3-6,12H,2,7-10H2,1H3,(H,21,24)(H,22,25). The Balaban J connectivity index is 1.43. The summed E-state index contributed by atoms with van der Waals surface area (Å²) in [6.07, 6.45) is -2.54. The smallest absolute Gasteiger partial charge is 0.406 e. The number of hydrogen-bond acceptors (Lipinski definition) is 3. The number of amides is 3. The minimum Gasteiger partial charge on any atom is -0.406 e. The fraction of sp³-hybridized carbons (Fsp3) is 0.529. The Labute approximate surface area is 148 Å². The summed E-state index contributed by atoms with van der Waals surface area (Å²) in [5.74, 6) is -0.301. The van der Waals surface area contributed by atoms with Crippen LogP contribution in [0.3, 0.4) is 0 Å². The van der Waals surface area contributed by atoms with Crippen LogP contribution in [0.2, 0.25) is 0 Å². The fourth-order valence-electron chi connectivity index (χ4n) is 3.53. The molecule has 1 aliphatic carbocycles. The van der Waals surface area contributed by atoms with Gasteiger partial charge in [0.05, 0.1) is 0 Å². The van der Waals surface area contributed by atoms with E-state index in [1.807, 2.05) is 0 Å². The Morgan fingerprint density at radius 2 is 1.85 bits per heavy atom. The van der Waals surface area contributed by atoms with Gasteiger partial charge in [-0.2, -0.15) is 0 Å². The van der Waals surface area contributed by atoms with E-state index in [4.69, 9.17) is 0 Å². The molecule has 2 N–H and O–H groups in total. The number of nitrogens with one attached hydrogen (secondary N) is 2. The fourth-order valence-corrected chi connectivity index (χ4v) is 3.53. The zero-order valence-electron chi connectivity index (χ0n) is 14.2. The number of benzene rings is 1. The van der Waals surface area contributed by atoms with Gasteiger partial charge in [0, 0.05) is 36.7 Å². The lowest BCUT2D eigenvalue weighted by atomic mass is 9.60. The molecule has 1 spiro atoms. The van der Waals surface area contributed by atoms with Crippen LogP contribution in [0, 0.1) is 5.41 Å². The van der Waals surface area contributed by atoms with Gasteiger partial charge >= 0.3 is 12.4 Å². The van der Waals surface area contributed by atoms with Crippen LogP contribution in [-0.2, 0) is 4.79 Å². The SMILES string of the molecule is CCC(=O)NC1CC2(C1)CN(C(=O)Nc1ccc(OC(F)(F)F)cc1)C2. The number of carbonyl (C=O) groups excluding carboxylic acids is 2. The molecule has 9 heteroatoms. The molecule has 1 aromatic carbocycles. The number of hydrogen-bond donors (Lipinski definition) is 2. The van der Waals surface area contributed by atoms with E-state index in [9.17, 15) is 22.8 Å². The number of nitrogens with zero attached hydrogens (tertiary/aromatic N) is 1. The monoisotopic (exact) mass is 371 g/mol. The molecular formula is C17H20F3N3O3. The van der Waals surface area contributed by atoms with E-state index in [0.29, 0.717) is 25.2 Å². The van der Waals surface area contributed by atoms with Gasteiger partial charge in [-0.3, -0.25) is 4.79 Å². The molecule has 2 aliphatic rings. The Bertz CT molecular complexity index is 677. The first-order valence-corrected chi connectivity index (χ1v) is 8.39. The van der Waals surface area contributed by atoms with E-state index in [1.54, 1.807) is 11.8 Å². The molecule has 1 aliphatic heterocycles. The number of rotatable bonds is 4. The third-order valence-electron chi connectivity index (χ3n) is 4.72. The second-order valence-electron chi connectivity index (χ2n) is 6.88. The summed E-state index contributed by atoms with van der Waals surface area (Å²) in [6, 6.07) is 4.90. The van der Waals surface area contributed by atoms with E-state index in [1.165, 1.54) is 12.1 Å². The molecule has 26 heavy (non-hydrogen) atoms. The maximum atomic E-state index is 12.2. The average molecular weight is 371 g/mol. The lowest BCUT2D eigenvalue weighted by Gasteiger charge is -2.58. The number of carbonyl (C=O) groups is 2. The molecule has 2 fully saturated rings. The van der Waals surface area contributed by atoms with Crippen molar-refractivity contribution in [3.63, 3.8) is 0 Å². The Hall–Kier alpha value is -2.45. The van der Waals surface area contributed by atoms with Crippen LogP contribution in [0.4, 0.5) is 23.7 Å². The molecule has 1 saturated carbocycles. The number of alkyl halides is 3. The number of urea groups is 1. The number of ether oxygens (including phenoxy) is 1. The predicted molar refractivity (Wildman–Crippen MR) is 87.6 cm³/mol. The van der Waals surface area contributed by atoms with Gasteiger partial charge in [0.1, 0.15) is 5.75 Å². The Morgan fingerprint density at radius 3 is 2.38 bits per heavy atom. The first-order valence-electron chi connectivity index (χ1n) is 8.39. The van der Waals surface area contributed by atoms with Gasteiger partial charge in [-0.05, 0) is 37.1 Å². The molecule has 3 amide bonds. The summed E-state index contributed by atoms with van der Waals surface area (Å²) in [7, 11) is 0. The van der Waals surface area contributed by atoms with Crippen molar-refractivity contribution in [3.8, 4) is 5.75 Å². The van der Waals surface area contributed by atoms with Crippen molar-refractivity contribution >= 4 is 17.6 Å². The maximum absolute atomic E-state index is 12.2. The Kier molecular flexibility index (Phi) is 4.72. The molecule has 1 aromatic rings. The van der Waals surface area contributed by atoms with Gasteiger partial charge in [-0.1, -0.05) is 6.92 Å². The average Bonchev–Trinajstić information content (AvgIpc) is 2.48. The van der Waals surface area contributed by atoms with Crippen molar-refractivity contribution in [3.05, 3.63) is 24.3 Å². The van der Waals surface area contributed by atoms with Crippen molar-refractivity contribution in [2.45, 2.75) is 38.6 Å². The summed E-state index contributed by atoms with van der Waals surface area (Å²) in [6.45, 7) is 3.04. The van der Waals surface area contributed by atoms with Crippen LogP contribution in [0.1, 0.15) is 26.2 Å². The molecule has 3 rings (SSSR count). The molecule has 0 bridgehead atoms. The van der Waals surface area contributed by atoms with Gasteiger partial charge in [0.25, 0.3) is 0 Å². The van der Waals surface area contributed by atoms with Crippen molar-refractivity contribution in [1.29, 1.82) is 0 Å². The second kappa shape index (κ2) is 6.69. The molecule has 142 valence electrons. The third kappa shape index (κ3) is 4.20. The van der Waals surface area contributed by atoms with Crippen LogP contribution >= 0.6 is 0 Å². The minimum absolute atomic E-state index is 0.0386. The summed E-state index contributed by atoms with van der Waals surface area (Å²) < 4.78 is 40.1. The number of halogens is 3. The van der Waals surface area contributed by atoms with Crippen LogP contribution in [0.5, 0.6) is 5.75 Å². The van der Waals surface area contributed by atoms with Gasteiger partial charge in [0.2, 0.25) is 5.91 Å². The first-order chi connectivity index (χ1) is 12.2. The molecule has 0 radical (unpaired) electrons. The molecule has 1 saturated heterocycles. The van der Waals surface area contributed by atoms with E-state index in [0.717, 1.165) is 25.0 Å². The van der Waals surface area contributed by atoms with E-state index in [2.05, 4.69) is 15.4 Å². The highest BCUT2D eigenvalue weighted by molar-refractivity contribution is 5.90. The first kappa shape index (κ1) is 18.3. The third-order valence-corrected chi connectivity index (χ3v) is 4.72. The lowest BCUT2D eigenvalue weighted by molar-refractivity contribution is -0.274. The summed E-state index contributed by atoms with van der Waals surface area (Å²) >= 11 is 0. The van der Waals surface area contributed by atoms with E-state index < -0.39 is 6.36 Å². The molecule has 0 atom stereocenters. The van der Waals surface area contributed by atoms with E-state index in [-0.39, 0.29) is 29.1 Å². The van der Waals surface area contributed by atoms with Crippen LogP contribution in [-0.4, -0.2) is 42.3 Å². The van der Waals surface area contributed by atoms with Crippen molar-refractivity contribution in [1.82, 2.24) is 10.2 Å². The molecule has 0 unspecified atom stereocenters. The van der Waals surface area contributed by atoms with Crippen LogP contribution < -0.4 is 15.4 Å². The largest absolute Gasteiger partial charge is 0.573 e. The topological polar surface area (TPSA) is 70.7 Å². The van der Waals surface area contributed by atoms with Crippen molar-refractivity contribution in [2.24, 2.45) is 5.41 Å². The lowest BCUT2D eigenvalue weighted by Crippen LogP contribution is -2.68. The molecule has 0 aromatic heterocycles. The summed E-state index contributed by atoms with van der Waals surface area (Å²) in [5, 5.41) is 5.60. The Morgan fingerprint density at radius 1 is 1.23 bits per heavy atom. The quantitative estimate of drug-likeness (QED) is 0.854. The normalized spacial score (nSPS) is 18.7. The van der Waals surface area contributed by atoms with Crippen molar-refractivity contribution in [2.75, 3.05) is 18.4 Å². The van der Waals surface area contributed by atoms with Crippen LogP contribution in [0.15, 0.2) is 24.3 Å². The van der Waals surface area contributed by atoms with Crippen molar-refractivity contribution < 1.29 is 27.5 Å². The molecule has 1 heterocycles. The summed E-state index contributed by atoms with van der Waals surface area (Å²) in [5.41, 5.74) is 0.486. The van der Waals surface area contributed by atoms with Gasteiger partial charge in [-0.15, -0.1) is 13.2 Å².